The van der Waals surface area contributed by atoms with Gasteiger partial charge in [0, 0.05) is 25.1 Å². The second-order valence-corrected chi connectivity index (χ2v) is 8.58. The molecule has 9 heteroatoms. The van der Waals surface area contributed by atoms with Gasteiger partial charge in [-0.05, 0) is 24.3 Å². The Morgan fingerprint density at radius 2 is 1.71 bits per heavy atom. The standard InChI is InChI=1S/C15H20N4O4S/c1-15(2,3)13(20)16-14-18-17-12(23-14)10-6-8-11(9-7-10)24(21,22)19(4)5/h6-9H,1-5H3,(H,16,18,20). The van der Waals surface area contributed by atoms with Crippen LogP contribution in [0.2, 0.25) is 0 Å². The molecule has 0 aliphatic heterocycles. The van der Waals surface area contributed by atoms with Crippen molar-refractivity contribution >= 4 is 21.9 Å². The van der Waals surface area contributed by atoms with Crippen molar-refractivity contribution in [2.24, 2.45) is 5.41 Å². The van der Waals surface area contributed by atoms with E-state index in [-0.39, 0.29) is 22.7 Å². The van der Waals surface area contributed by atoms with Crippen LogP contribution in [-0.2, 0) is 14.8 Å². The smallest absolute Gasteiger partial charge is 0.322 e. The summed E-state index contributed by atoms with van der Waals surface area (Å²) in [5, 5.41) is 10.2. The number of hydrogen-bond acceptors (Lipinski definition) is 6. The number of aromatic nitrogens is 2. The summed E-state index contributed by atoms with van der Waals surface area (Å²) in [7, 11) is -0.566. The van der Waals surface area contributed by atoms with Crippen LogP contribution in [0.25, 0.3) is 11.5 Å². The van der Waals surface area contributed by atoms with Gasteiger partial charge in [-0.1, -0.05) is 25.9 Å². The maximum Gasteiger partial charge on any atom is 0.322 e. The first kappa shape index (κ1) is 18.1. The fourth-order valence-corrected chi connectivity index (χ4v) is 2.56. The van der Waals surface area contributed by atoms with Gasteiger partial charge in [-0.25, -0.2) is 12.7 Å². The van der Waals surface area contributed by atoms with Crippen molar-refractivity contribution in [3.63, 3.8) is 0 Å². The van der Waals surface area contributed by atoms with E-state index in [2.05, 4.69) is 15.5 Å². The molecule has 0 aliphatic carbocycles. The maximum absolute atomic E-state index is 12.0. The molecule has 0 bridgehead atoms. The summed E-state index contributed by atoms with van der Waals surface area (Å²) in [6.45, 7) is 5.30. The lowest BCUT2D eigenvalue weighted by molar-refractivity contribution is -0.123. The molecule has 2 aromatic rings. The van der Waals surface area contributed by atoms with Crippen molar-refractivity contribution in [2.45, 2.75) is 25.7 Å². The van der Waals surface area contributed by atoms with Crippen molar-refractivity contribution in [2.75, 3.05) is 19.4 Å². The lowest BCUT2D eigenvalue weighted by atomic mass is 9.96. The Hall–Kier alpha value is -2.26. The van der Waals surface area contributed by atoms with Crippen LogP contribution in [0.4, 0.5) is 6.01 Å². The first-order chi connectivity index (χ1) is 11.0. The van der Waals surface area contributed by atoms with Gasteiger partial charge in [-0.15, -0.1) is 5.10 Å². The van der Waals surface area contributed by atoms with Crippen LogP contribution >= 0.6 is 0 Å². The van der Waals surface area contributed by atoms with E-state index in [9.17, 15) is 13.2 Å². The van der Waals surface area contributed by atoms with Gasteiger partial charge in [0.15, 0.2) is 0 Å². The van der Waals surface area contributed by atoms with Gasteiger partial charge in [-0.2, -0.15) is 0 Å². The Kier molecular flexibility index (Phi) is 4.77. The van der Waals surface area contributed by atoms with Crippen LogP contribution in [0.5, 0.6) is 0 Å². The van der Waals surface area contributed by atoms with Gasteiger partial charge in [-0.3, -0.25) is 10.1 Å². The average Bonchev–Trinajstić information content (AvgIpc) is 2.94. The van der Waals surface area contributed by atoms with Crippen LogP contribution in [0.15, 0.2) is 33.6 Å². The SMILES string of the molecule is CN(C)S(=O)(=O)c1ccc(-c2nnc(NC(=O)C(C)(C)C)o2)cc1. The lowest BCUT2D eigenvalue weighted by Crippen LogP contribution is -2.27. The largest absolute Gasteiger partial charge is 0.403 e. The average molecular weight is 352 g/mol. The topological polar surface area (TPSA) is 105 Å². The molecule has 2 rings (SSSR count). The number of anilines is 1. The van der Waals surface area contributed by atoms with Gasteiger partial charge in [0.05, 0.1) is 4.90 Å². The van der Waals surface area contributed by atoms with E-state index in [0.717, 1.165) is 4.31 Å². The molecule has 0 saturated carbocycles. The van der Waals surface area contributed by atoms with Crippen molar-refractivity contribution in [3.05, 3.63) is 24.3 Å². The molecule has 1 amide bonds. The highest BCUT2D eigenvalue weighted by atomic mass is 32.2. The molecule has 0 saturated heterocycles. The summed E-state index contributed by atoms with van der Waals surface area (Å²) in [4.78, 5) is 12.1. The molecular formula is C15H20N4O4S. The fraction of sp³-hybridized carbons (Fsp3) is 0.400. The van der Waals surface area contributed by atoms with E-state index in [1.54, 1.807) is 32.9 Å². The zero-order valence-corrected chi connectivity index (χ0v) is 15.0. The van der Waals surface area contributed by atoms with Gasteiger partial charge in [0.1, 0.15) is 0 Å². The molecular weight excluding hydrogens is 332 g/mol. The van der Waals surface area contributed by atoms with Crippen molar-refractivity contribution in [3.8, 4) is 11.5 Å². The van der Waals surface area contributed by atoms with Crippen LogP contribution < -0.4 is 5.32 Å². The number of amides is 1. The van der Waals surface area contributed by atoms with Crippen LogP contribution in [0.3, 0.4) is 0 Å². The molecule has 1 heterocycles. The third kappa shape index (κ3) is 3.80. The Morgan fingerprint density at radius 3 is 2.21 bits per heavy atom. The molecule has 1 N–H and O–H groups in total. The summed E-state index contributed by atoms with van der Waals surface area (Å²) in [6, 6.07) is 6.05. The number of carbonyl (C=O) groups is 1. The predicted molar refractivity (Wildman–Crippen MR) is 88.7 cm³/mol. The summed E-state index contributed by atoms with van der Waals surface area (Å²) < 4.78 is 30.6. The summed E-state index contributed by atoms with van der Waals surface area (Å²) in [6.07, 6.45) is 0. The van der Waals surface area contributed by atoms with E-state index in [1.807, 2.05) is 0 Å². The third-order valence-electron chi connectivity index (χ3n) is 3.21. The van der Waals surface area contributed by atoms with Crippen LogP contribution in [0.1, 0.15) is 20.8 Å². The third-order valence-corrected chi connectivity index (χ3v) is 5.04. The minimum absolute atomic E-state index is 0.00471. The van der Waals surface area contributed by atoms with E-state index < -0.39 is 15.4 Å². The Bertz CT molecular complexity index is 833. The Labute approximate surface area is 140 Å². The van der Waals surface area contributed by atoms with Gasteiger partial charge < -0.3 is 4.42 Å². The number of nitrogens with one attached hydrogen (secondary N) is 1. The highest BCUT2D eigenvalue weighted by molar-refractivity contribution is 7.89. The van der Waals surface area contributed by atoms with E-state index >= 15 is 0 Å². The lowest BCUT2D eigenvalue weighted by Gasteiger charge is -2.15. The molecule has 0 atom stereocenters. The summed E-state index contributed by atoms with van der Waals surface area (Å²) in [5.74, 6) is -0.0573. The quantitative estimate of drug-likeness (QED) is 0.902. The Morgan fingerprint density at radius 1 is 1.12 bits per heavy atom. The molecule has 0 radical (unpaired) electrons. The monoisotopic (exact) mass is 352 g/mol. The molecule has 0 unspecified atom stereocenters. The van der Waals surface area contributed by atoms with Crippen molar-refractivity contribution < 1.29 is 17.6 Å². The van der Waals surface area contributed by atoms with Crippen LogP contribution in [0, 0.1) is 5.41 Å². The van der Waals surface area contributed by atoms with Crippen molar-refractivity contribution in [1.82, 2.24) is 14.5 Å². The minimum atomic E-state index is -3.49. The van der Waals surface area contributed by atoms with Gasteiger partial charge in [0.25, 0.3) is 0 Å². The fourth-order valence-electron chi connectivity index (χ4n) is 1.66. The number of hydrogen-bond donors (Lipinski definition) is 1. The van der Waals surface area contributed by atoms with E-state index in [0.29, 0.717) is 5.56 Å². The molecule has 0 fully saturated rings. The number of carbonyl (C=O) groups excluding carboxylic acids is 1. The predicted octanol–water partition coefficient (Wildman–Crippen LogP) is 1.97. The second kappa shape index (κ2) is 6.33. The molecule has 8 nitrogen and oxygen atoms in total. The Balaban J connectivity index is 2.21. The summed E-state index contributed by atoms with van der Waals surface area (Å²) >= 11 is 0. The van der Waals surface area contributed by atoms with E-state index in [4.69, 9.17) is 4.42 Å². The number of rotatable bonds is 4. The zero-order chi connectivity index (χ0) is 18.1. The maximum atomic E-state index is 12.0. The molecule has 24 heavy (non-hydrogen) atoms. The van der Waals surface area contributed by atoms with Crippen molar-refractivity contribution in [1.29, 1.82) is 0 Å². The van der Waals surface area contributed by atoms with Gasteiger partial charge >= 0.3 is 6.01 Å². The molecule has 0 aliphatic rings. The molecule has 1 aromatic heterocycles. The summed E-state index contributed by atoms with van der Waals surface area (Å²) in [5.41, 5.74) is -0.0342. The van der Waals surface area contributed by atoms with E-state index in [1.165, 1.54) is 26.2 Å². The van der Waals surface area contributed by atoms with Gasteiger partial charge in [0.2, 0.25) is 21.8 Å². The number of benzene rings is 1. The first-order valence-corrected chi connectivity index (χ1v) is 8.64. The minimum Gasteiger partial charge on any atom is -0.403 e. The molecule has 1 aromatic carbocycles. The highest BCUT2D eigenvalue weighted by Gasteiger charge is 2.23. The highest BCUT2D eigenvalue weighted by Crippen LogP contribution is 2.23. The number of sulfonamides is 1. The second-order valence-electron chi connectivity index (χ2n) is 6.43. The number of nitrogens with zero attached hydrogens (tertiary/aromatic N) is 3. The van der Waals surface area contributed by atoms with Crippen LogP contribution in [-0.4, -0.2) is 42.9 Å². The molecule has 130 valence electrons. The normalized spacial score (nSPS) is 12.4. The zero-order valence-electron chi connectivity index (χ0n) is 14.2. The molecule has 0 spiro atoms. The first-order valence-electron chi connectivity index (χ1n) is 7.20.